The molecule has 2 N–H and O–H groups in total. The maximum atomic E-state index is 12.6. The van der Waals surface area contributed by atoms with E-state index < -0.39 is 6.04 Å². The quantitative estimate of drug-likeness (QED) is 0.767. The van der Waals surface area contributed by atoms with Crippen LogP contribution in [0.1, 0.15) is 39.0 Å². The van der Waals surface area contributed by atoms with E-state index in [1.54, 1.807) is 0 Å². The number of fused-ring (bicyclic) bond motifs is 1. The lowest BCUT2D eigenvalue weighted by Crippen LogP contribution is -2.52. The Labute approximate surface area is 126 Å². The van der Waals surface area contributed by atoms with Crippen LogP contribution in [0.4, 0.5) is 0 Å². The number of ether oxygens (including phenoxy) is 1. The van der Waals surface area contributed by atoms with Gasteiger partial charge in [0.05, 0.1) is 12.5 Å². The molecule has 2 aliphatic rings. The van der Waals surface area contributed by atoms with Gasteiger partial charge >= 0.3 is 5.97 Å². The summed E-state index contributed by atoms with van der Waals surface area (Å²) in [5.74, 6) is 0.0846. The molecule has 1 unspecified atom stereocenters. The van der Waals surface area contributed by atoms with Crippen molar-refractivity contribution in [3.63, 3.8) is 0 Å². The number of carbonyl (C=O) groups is 2. The lowest BCUT2D eigenvalue weighted by Gasteiger charge is -2.37. The van der Waals surface area contributed by atoms with Gasteiger partial charge in [0.15, 0.2) is 0 Å². The maximum Gasteiger partial charge on any atom is 0.328 e. The first-order valence-corrected chi connectivity index (χ1v) is 7.23. The van der Waals surface area contributed by atoms with E-state index >= 15 is 0 Å². The summed E-state index contributed by atoms with van der Waals surface area (Å²) in [6.07, 6.45) is 4.90. The molecule has 20 heavy (non-hydrogen) atoms. The Morgan fingerprint density at radius 2 is 2.20 bits per heavy atom. The van der Waals surface area contributed by atoms with E-state index in [1.807, 2.05) is 6.92 Å². The molecule has 0 aromatic rings. The normalized spacial score (nSPS) is 29.8. The number of carbonyl (C=O) groups excluding carboxylic acids is 2. The van der Waals surface area contributed by atoms with E-state index in [-0.39, 0.29) is 29.7 Å². The van der Waals surface area contributed by atoms with Gasteiger partial charge in [-0.15, -0.1) is 12.4 Å². The van der Waals surface area contributed by atoms with Crippen LogP contribution in [0.25, 0.3) is 0 Å². The second kappa shape index (κ2) is 7.27. The minimum atomic E-state index is -0.518. The predicted octanol–water partition coefficient (Wildman–Crippen LogP) is 1.26. The highest BCUT2D eigenvalue weighted by Crippen LogP contribution is 2.43. The Balaban J connectivity index is 0.00000200. The third kappa shape index (κ3) is 3.09. The van der Waals surface area contributed by atoms with Gasteiger partial charge in [-0.05, 0) is 31.7 Å². The van der Waals surface area contributed by atoms with Gasteiger partial charge in [-0.2, -0.15) is 0 Å². The number of halogens is 1. The Kier molecular flexibility index (Phi) is 6.27. The highest BCUT2D eigenvalue weighted by atomic mass is 35.5. The summed E-state index contributed by atoms with van der Waals surface area (Å²) in [6.45, 7) is 3.54. The minimum absolute atomic E-state index is 0. The molecule has 2 rings (SSSR count). The minimum Gasteiger partial charge on any atom is -0.467 e. The first kappa shape index (κ1) is 17.2. The van der Waals surface area contributed by atoms with Crippen LogP contribution >= 0.6 is 12.4 Å². The van der Waals surface area contributed by atoms with Crippen LogP contribution in [0.5, 0.6) is 0 Å². The Hall–Kier alpha value is -0.810. The van der Waals surface area contributed by atoms with Gasteiger partial charge in [-0.1, -0.05) is 19.8 Å². The molecule has 116 valence electrons. The Morgan fingerprint density at radius 3 is 2.85 bits per heavy atom. The zero-order chi connectivity index (χ0) is 13.9. The lowest BCUT2D eigenvalue weighted by molar-refractivity contribution is -0.147. The van der Waals surface area contributed by atoms with Crippen molar-refractivity contribution in [2.45, 2.75) is 45.1 Å². The number of hydrogen-bond acceptors (Lipinski definition) is 4. The van der Waals surface area contributed by atoms with Crippen molar-refractivity contribution >= 4 is 24.3 Å². The summed E-state index contributed by atoms with van der Waals surface area (Å²) in [4.78, 5) is 24.2. The molecule has 0 spiro atoms. The van der Waals surface area contributed by atoms with Crippen molar-refractivity contribution in [2.75, 3.05) is 20.2 Å². The average molecular weight is 305 g/mol. The molecule has 6 heteroatoms. The average Bonchev–Trinajstić information content (AvgIpc) is 2.88. The Bertz CT molecular complexity index is 364. The lowest BCUT2D eigenvalue weighted by atomic mass is 9.67. The van der Waals surface area contributed by atoms with Crippen LogP contribution in [0.2, 0.25) is 0 Å². The number of nitrogens with one attached hydrogen (secondary N) is 2. The second-order valence-electron chi connectivity index (χ2n) is 5.69. The molecule has 0 aromatic heterocycles. The highest BCUT2D eigenvalue weighted by molar-refractivity contribution is 5.88. The summed E-state index contributed by atoms with van der Waals surface area (Å²) in [5, 5.41) is 6.24. The molecule has 1 aliphatic heterocycles. The monoisotopic (exact) mass is 304 g/mol. The largest absolute Gasteiger partial charge is 0.467 e. The fraction of sp³-hybridized carbons (Fsp3) is 0.857. The third-order valence-corrected chi connectivity index (χ3v) is 4.69. The summed E-state index contributed by atoms with van der Waals surface area (Å²) < 4.78 is 4.73. The number of hydrogen-bond donors (Lipinski definition) is 2. The molecule has 2 fully saturated rings. The van der Waals surface area contributed by atoms with Crippen molar-refractivity contribution < 1.29 is 14.3 Å². The fourth-order valence-electron chi connectivity index (χ4n) is 3.46. The molecule has 1 aliphatic carbocycles. The first-order valence-electron chi connectivity index (χ1n) is 7.23. The molecule has 0 aromatic carbocycles. The number of esters is 1. The molecule has 1 amide bonds. The standard InChI is InChI=1S/C14H24N2O3.ClH/c1-3-11(12(17)19-2)16-13(18)14-7-5-4-6-10(14)8-15-9-14;/h10-11,15H,3-9H2,1-2H3,(H,16,18);1H/t10-,11?,14+;/m0./s1. The van der Waals surface area contributed by atoms with Crippen molar-refractivity contribution in [3.8, 4) is 0 Å². The number of rotatable bonds is 4. The molecular formula is C14H25ClN2O3. The van der Waals surface area contributed by atoms with Gasteiger partial charge in [-0.25, -0.2) is 4.79 Å². The van der Waals surface area contributed by atoms with E-state index in [0.717, 1.165) is 32.4 Å². The molecule has 0 bridgehead atoms. The maximum absolute atomic E-state index is 12.6. The fourth-order valence-corrected chi connectivity index (χ4v) is 3.46. The number of amides is 1. The van der Waals surface area contributed by atoms with Crippen LogP contribution in [0, 0.1) is 11.3 Å². The van der Waals surface area contributed by atoms with E-state index in [2.05, 4.69) is 10.6 Å². The van der Waals surface area contributed by atoms with E-state index in [1.165, 1.54) is 13.5 Å². The van der Waals surface area contributed by atoms with Gasteiger partial charge in [-0.3, -0.25) is 4.79 Å². The topological polar surface area (TPSA) is 67.4 Å². The van der Waals surface area contributed by atoms with E-state index in [4.69, 9.17) is 4.74 Å². The molecule has 1 saturated carbocycles. The summed E-state index contributed by atoms with van der Waals surface area (Å²) in [6, 6.07) is -0.518. The molecule has 1 saturated heterocycles. The summed E-state index contributed by atoms with van der Waals surface area (Å²) >= 11 is 0. The molecular weight excluding hydrogens is 280 g/mol. The highest BCUT2D eigenvalue weighted by Gasteiger charge is 2.50. The SMILES string of the molecule is CCC(NC(=O)[C@@]12CCCC[C@H]1CNC2)C(=O)OC.Cl. The third-order valence-electron chi connectivity index (χ3n) is 4.69. The number of methoxy groups -OCH3 is 1. The van der Waals surface area contributed by atoms with Crippen molar-refractivity contribution in [1.29, 1.82) is 0 Å². The van der Waals surface area contributed by atoms with Crippen molar-refractivity contribution in [3.05, 3.63) is 0 Å². The van der Waals surface area contributed by atoms with Crippen LogP contribution in [0.3, 0.4) is 0 Å². The second-order valence-corrected chi connectivity index (χ2v) is 5.69. The summed E-state index contributed by atoms with van der Waals surface area (Å²) in [5.41, 5.74) is -0.306. The first-order chi connectivity index (χ1) is 9.14. The van der Waals surface area contributed by atoms with Crippen molar-refractivity contribution in [1.82, 2.24) is 10.6 Å². The zero-order valence-electron chi connectivity index (χ0n) is 12.2. The smallest absolute Gasteiger partial charge is 0.328 e. The molecule has 1 heterocycles. The zero-order valence-corrected chi connectivity index (χ0v) is 13.1. The predicted molar refractivity (Wildman–Crippen MR) is 78.7 cm³/mol. The van der Waals surface area contributed by atoms with E-state index in [0.29, 0.717) is 12.3 Å². The van der Waals surface area contributed by atoms with Crippen molar-refractivity contribution in [2.24, 2.45) is 11.3 Å². The van der Waals surface area contributed by atoms with Gasteiger partial charge in [0.1, 0.15) is 6.04 Å². The van der Waals surface area contributed by atoms with E-state index in [9.17, 15) is 9.59 Å². The molecule has 0 radical (unpaired) electrons. The Morgan fingerprint density at radius 1 is 1.45 bits per heavy atom. The molecule has 5 nitrogen and oxygen atoms in total. The van der Waals surface area contributed by atoms with Crippen LogP contribution < -0.4 is 10.6 Å². The summed E-state index contributed by atoms with van der Waals surface area (Å²) in [7, 11) is 1.36. The van der Waals surface area contributed by atoms with Crippen LogP contribution in [-0.2, 0) is 14.3 Å². The van der Waals surface area contributed by atoms with Crippen LogP contribution in [0.15, 0.2) is 0 Å². The van der Waals surface area contributed by atoms with Crippen LogP contribution in [-0.4, -0.2) is 38.1 Å². The van der Waals surface area contributed by atoms with Gasteiger partial charge in [0.25, 0.3) is 0 Å². The van der Waals surface area contributed by atoms with Gasteiger partial charge < -0.3 is 15.4 Å². The molecule has 3 atom stereocenters. The van der Waals surface area contributed by atoms with Gasteiger partial charge in [0.2, 0.25) is 5.91 Å². The van der Waals surface area contributed by atoms with Gasteiger partial charge in [0, 0.05) is 6.54 Å².